The van der Waals surface area contributed by atoms with Gasteiger partial charge in [0.05, 0.1) is 18.0 Å². The lowest BCUT2D eigenvalue weighted by atomic mass is 10.2. The second-order valence-electron chi connectivity index (χ2n) is 6.27. The normalized spacial score (nSPS) is 17.4. The zero-order valence-electron chi connectivity index (χ0n) is 14.3. The standard InChI is InChI=1S/C19H18FN3O2S/c1-22(12-13-11-21-18(26-13)17-7-4-10-25-17)16-8-9-23(19(16)24)15-6-3-2-5-14(15)20/h2-7,10-11,16H,8-9,12H2,1H3. The summed E-state index contributed by atoms with van der Waals surface area (Å²) >= 11 is 1.55. The molecule has 134 valence electrons. The van der Waals surface area contributed by atoms with E-state index < -0.39 is 0 Å². The van der Waals surface area contributed by atoms with Gasteiger partial charge in [-0.2, -0.15) is 0 Å². The molecule has 1 aromatic carbocycles. The first kappa shape index (κ1) is 16.9. The largest absolute Gasteiger partial charge is 0.462 e. The number of nitrogens with zero attached hydrogens (tertiary/aromatic N) is 3. The van der Waals surface area contributed by atoms with Gasteiger partial charge in [-0.15, -0.1) is 11.3 Å². The van der Waals surface area contributed by atoms with E-state index in [2.05, 4.69) is 4.98 Å². The van der Waals surface area contributed by atoms with E-state index in [1.165, 1.54) is 11.0 Å². The molecule has 1 unspecified atom stereocenters. The van der Waals surface area contributed by atoms with E-state index in [4.69, 9.17) is 4.42 Å². The Labute approximate surface area is 154 Å². The van der Waals surface area contributed by atoms with Crippen molar-refractivity contribution in [3.05, 3.63) is 59.6 Å². The number of carbonyl (C=O) groups is 1. The van der Waals surface area contributed by atoms with Crippen LogP contribution >= 0.6 is 11.3 Å². The second-order valence-corrected chi connectivity index (χ2v) is 7.39. The Morgan fingerprint density at radius 1 is 1.35 bits per heavy atom. The lowest BCUT2D eigenvalue weighted by Crippen LogP contribution is -2.39. The van der Waals surface area contributed by atoms with E-state index in [0.717, 1.165) is 15.6 Å². The monoisotopic (exact) mass is 371 g/mol. The Kier molecular flexibility index (Phi) is 4.57. The van der Waals surface area contributed by atoms with Gasteiger partial charge in [0.15, 0.2) is 10.8 Å². The van der Waals surface area contributed by atoms with Crippen molar-refractivity contribution in [3.63, 3.8) is 0 Å². The van der Waals surface area contributed by atoms with Crippen molar-refractivity contribution in [2.24, 2.45) is 0 Å². The van der Waals surface area contributed by atoms with Crippen LogP contribution in [0.4, 0.5) is 10.1 Å². The lowest BCUT2D eigenvalue weighted by molar-refractivity contribution is -0.121. The summed E-state index contributed by atoms with van der Waals surface area (Å²) in [6.45, 7) is 1.13. The van der Waals surface area contributed by atoms with E-state index in [9.17, 15) is 9.18 Å². The number of carbonyl (C=O) groups excluding carboxylic acids is 1. The lowest BCUT2D eigenvalue weighted by Gasteiger charge is -2.23. The molecule has 3 aromatic rings. The second kappa shape index (κ2) is 7.01. The number of benzene rings is 1. The smallest absolute Gasteiger partial charge is 0.244 e. The first-order valence-corrected chi connectivity index (χ1v) is 9.20. The van der Waals surface area contributed by atoms with Crippen molar-refractivity contribution in [2.75, 3.05) is 18.5 Å². The average Bonchev–Trinajstić information content (AvgIpc) is 3.36. The van der Waals surface area contributed by atoms with Crippen LogP contribution in [0.25, 0.3) is 10.8 Å². The number of furan rings is 1. The van der Waals surface area contributed by atoms with Crippen LogP contribution < -0.4 is 4.90 Å². The highest BCUT2D eigenvalue weighted by Gasteiger charge is 2.36. The molecular weight excluding hydrogens is 353 g/mol. The summed E-state index contributed by atoms with van der Waals surface area (Å²) in [5, 5.41) is 0.823. The molecule has 0 radical (unpaired) electrons. The maximum absolute atomic E-state index is 14.0. The minimum absolute atomic E-state index is 0.0617. The number of para-hydroxylation sites is 1. The van der Waals surface area contributed by atoms with Gasteiger partial charge in [0.25, 0.3) is 0 Å². The number of halogens is 1. The van der Waals surface area contributed by atoms with Crippen molar-refractivity contribution >= 4 is 22.9 Å². The van der Waals surface area contributed by atoms with Gasteiger partial charge in [0.2, 0.25) is 5.91 Å². The third-order valence-corrected chi connectivity index (χ3v) is 5.54. The van der Waals surface area contributed by atoms with Gasteiger partial charge < -0.3 is 9.32 Å². The number of aromatic nitrogens is 1. The average molecular weight is 371 g/mol. The summed E-state index contributed by atoms with van der Waals surface area (Å²) in [5.74, 6) is 0.314. The Morgan fingerprint density at radius 3 is 2.96 bits per heavy atom. The van der Waals surface area contributed by atoms with Crippen molar-refractivity contribution in [3.8, 4) is 10.8 Å². The van der Waals surface area contributed by atoms with Crippen molar-refractivity contribution in [2.45, 2.75) is 19.0 Å². The number of amides is 1. The zero-order chi connectivity index (χ0) is 18.1. The summed E-state index contributed by atoms with van der Waals surface area (Å²) in [7, 11) is 1.92. The number of likely N-dealkylation sites (N-methyl/N-ethyl adjacent to an activating group) is 1. The maximum Gasteiger partial charge on any atom is 0.244 e. The molecule has 4 rings (SSSR count). The molecule has 7 heteroatoms. The molecule has 0 aliphatic carbocycles. The van der Waals surface area contributed by atoms with Gasteiger partial charge in [-0.05, 0) is 37.7 Å². The van der Waals surface area contributed by atoms with Crippen LogP contribution in [0.5, 0.6) is 0 Å². The van der Waals surface area contributed by atoms with Crippen molar-refractivity contribution in [1.29, 1.82) is 0 Å². The Hall–Kier alpha value is -2.51. The van der Waals surface area contributed by atoms with Gasteiger partial charge in [-0.1, -0.05) is 12.1 Å². The fraction of sp³-hybridized carbons (Fsp3) is 0.263. The molecule has 26 heavy (non-hydrogen) atoms. The maximum atomic E-state index is 14.0. The van der Waals surface area contributed by atoms with Crippen LogP contribution in [-0.4, -0.2) is 35.4 Å². The number of anilines is 1. The first-order chi connectivity index (χ1) is 12.6. The van der Waals surface area contributed by atoms with Gasteiger partial charge in [-0.3, -0.25) is 9.69 Å². The highest BCUT2D eigenvalue weighted by Crippen LogP contribution is 2.29. The minimum atomic E-state index is -0.366. The minimum Gasteiger partial charge on any atom is -0.462 e. The summed E-state index contributed by atoms with van der Waals surface area (Å²) in [6, 6.07) is 9.85. The van der Waals surface area contributed by atoms with Gasteiger partial charge in [-0.25, -0.2) is 9.37 Å². The third-order valence-electron chi connectivity index (χ3n) is 4.54. The molecule has 5 nitrogen and oxygen atoms in total. The molecule has 0 spiro atoms. The zero-order valence-corrected chi connectivity index (χ0v) is 15.1. The molecule has 1 aliphatic heterocycles. The molecule has 1 fully saturated rings. The van der Waals surface area contributed by atoms with Crippen LogP contribution in [0.15, 0.2) is 53.3 Å². The highest BCUT2D eigenvalue weighted by molar-refractivity contribution is 7.14. The van der Waals surface area contributed by atoms with Crippen molar-refractivity contribution < 1.29 is 13.6 Å². The Balaban J connectivity index is 1.45. The fourth-order valence-electron chi connectivity index (χ4n) is 3.23. The van der Waals surface area contributed by atoms with E-state index in [-0.39, 0.29) is 17.8 Å². The molecule has 3 heterocycles. The van der Waals surface area contributed by atoms with E-state index >= 15 is 0 Å². The highest BCUT2D eigenvalue weighted by atomic mass is 32.1. The predicted molar refractivity (Wildman–Crippen MR) is 98.4 cm³/mol. The van der Waals surface area contributed by atoms with Crippen LogP contribution in [0.3, 0.4) is 0 Å². The van der Waals surface area contributed by atoms with Crippen LogP contribution in [0.2, 0.25) is 0 Å². The Morgan fingerprint density at radius 2 is 2.19 bits per heavy atom. The van der Waals surface area contributed by atoms with Crippen molar-refractivity contribution in [1.82, 2.24) is 9.88 Å². The third kappa shape index (κ3) is 3.15. The van der Waals surface area contributed by atoms with Gasteiger partial charge >= 0.3 is 0 Å². The van der Waals surface area contributed by atoms with Crippen LogP contribution in [-0.2, 0) is 11.3 Å². The molecule has 1 aliphatic rings. The van der Waals surface area contributed by atoms with E-state index in [1.807, 2.05) is 30.3 Å². The Bertz CT molecular complexity index is 909. The summed E-state index contributed by atoms with van der Waals surface area (Å²) in [6.07, 6.45) is 4.11. The summed E-state index contributed by atoms with van der Waals surface area (Å²) in [4.78, 5) is 21.8. The summed E-state index contributed by atoms with van der Waals surface area (Å²) in [5.41, 5.74) is 0.353. The predicted octanol–water partition coefficient (Wildman–Crippen LogP) is 3.78. The van der Waals surface area contributed by atoms with Gasteiger partial charge in [0, 0.05) is 24.2 Å². The molecule has 0 saturated carbocycles. The fourth-order valence-corrected chi connectivity index (χ4v) is 4.18. The molecule has 1 saturated heterocycles. The molecule has 0 bridgehead atoms. The first-order valence-electron chi connectivity index (χ1n) is 8.38. The molecular formula is C19H18FN3O2S. The number of hydrogen-bond donors (Lipinski definition) is 0. The molecule has 1 atom stereocenters. The summed E-state index contributed by atoms with van der Waals surface area (Å²) < 4.78 is 19.4. The molecule has 1 amide bonds. The number of rotatable bonds is 5. The molecule has 0 N–H and O–H groups in total. The quantitative estimate of drug-likeness (QED) is 0.685. The number of thiazole rings is 1. The number of hydrogen-bond acceptors (Lipinski definition) is 5. The van der Waals surface area contributed by atoms with E-state index in [1.54, 1.807) is 35.8 Å². The molecule has 2 aromatic heterocycles. The van der Waals surface area contributed by atoms with Crippen LogP contribution in [0.1, 0.15) is 11.3 Å². The SMILES string of the molecule is CN(Cc1cnc(-c2ccco2)s1)C1CCN(c2ccccc2F)C1=O. The van der Waals surface area contributed by atoms with Gasteiger partial charge in [0.1, 0.15) is 5.82 Å². The topological polar surface area (TPSA) is 49.6 Å². The van der Waals surface area contributed by atoms with Crippen LogP contribution in [0, 0.1) is 5.82 Å². The van der Waals surface area contributed by atoms with E-state index in [0.29, 0.717) is 25.2 Å².